The summed E-state index contributed by atoms with van der Waals surface area (Å²) in [4.78, 5) is 14.5. The van der Waals surface area contributed by atoms with E-state index in [1.807, 2.05) is 6.92 Å². The van der Waals surface area contributed by atoms with Gasteiger partial charge < -0.3 is 19.4 Å². The molecule has 2 N–H and O–H groups in total. The number of nitrogens with zero attached hydrogens (tertiary/aromatic N) is 3. The lowest BCUT2D eigenvalue weighted by atomic mass is 9.98. The maximum absolute atomic E-state index is 11.7. The van der Waals surface area contributed by atoms with E-state index in [1.165, 1.54) is 0 Å². The Bertz CT molecular complexity index is 475. The number of aliphatic hydroxyl groups is 2. The number of esters is 1. The Morgan fingerprint density at radius 2 is 1.84 bits per heavy atom. The van der Waals surface area contributed by atoms with Crippen LogP contribution < -0.4 is 0 Å². The molecule has 0 aromatic heterocycles. The van der Waals surface area contributed by atoms with E-state index in [2.05, 4.69) is 43.9 Å². The molecule has 146 valence electrons. The zero-order valence-corrected chi connectivity index (χ0v) is 17.4. The maximum Gasteiger partial charge on any atom is 0.337 e. The van der Waals surface area contributed by atoms with Crippen molar-refractivity contribution < 1.29 is 24.2 Å². The van der Waals surface area contributed by atoms with Gasteiger partial charge >= 0.3 is 5.97 Å². The van der Waals surface area contributed by atoms with E-state index in [-0.39, 0.29) is 11.6 Å². The standard InChI is InChI=1S/C16H33N3O5Si/c1-8-10-11(24-25(6,7)16(3,4)5)12(18-19-17)13(20)14(21)15(22)23-9-2/h11-14,20-21H,8-10H2,1-7H3/t11-,12-,13+,14-/m0/s1. The van der Waals surface area contributed by atoms with Gasteiger partial charge in [-0.3, -0.25) is 0 Å². The van der Waals surface area contributed by atoms with Crippen LogP contribution in [0.3, 0.4) is 0 Å². The van der Waals surface area contributed by atoms with Gasteiger partial charge in [-0.2, -0.15) is 0 Å². The predicted molar refractivity (Wildman–Crippen MR) is 98.6 cm³/mol. The minimum Gasteiger partial charge on any atom is -0.464 e. The number of hydrogen-bond donors (Lipinski definition) is 2. The molecule has 0 aromatic rings. The summed E-state index contributed by atoms with van der Waals surface area (Å²) in [5.74, 6) is -0.948. The highest BCUT2D eigenvalue weighted by molar-refractivity contribution is 6.74. The molecule has 0 saturated heterocycles. The third-order valence-electron chi connectivity index (χ3n) is 4.59. The number of carbonyl (C=O) groups is 1. The molecule has 0 amide bonds. The third kappa shape index (κ3) is 6.95. The fourth-order valence-electron chi connectivity index (χ4n) is 2.12. The van der Waals surface area contributed by atoms with Crippen LogP contribution in [0.1, 0.15) is 47.5 Å². The molecular formula is C16H33N3O5Si. The van der Waals surface area contributed by atoms with E-state index in [1.54, 1.807) is 6.92 Å². The van der Waals surface area contributed by atoms with Crippen LogP contribution in [0.2, 0.25) is 18.1 Å². The van der Waals surface area contributed by atoms with Crippen molar-refractivity contribution in [2.45, 2.75) is 89.9 Å². The van der Waals surface area contributed by atoms with Crippen molar-refractivity contribution in [2.24, 2.45) is 5.11 Å². The van der Waals surface area contributed by atoms with Crippen LogP contribution in [-0.4, -0.2) is 55.5 Å². The summed E-state index contributed by atoms with van der Waals surface area (Å²) in [5.41, 5.74) is 8.89. The number of carbonyl (C=O) groups excluding carboxylic acids is 1. The molecule has 9 heteroatoms. The fraction of sp³-hybridized carbons (Fsp3) is 0.938. The zero-order valence-electron chi connectivity index (χ0n) is 16.4. The van der Waals surface area contributed by atoms with E-state index in [4.69, 9.17) is 14.7 Å². The van der Waals surface area contributed by atoms with Gasteiger partial charge in [0.1, 0.15) is 6.10 Å². The lowest BCUT2D eigenvalue weighted by Gasteiger charge is -2.41. The Hall–Kier alpha value is -1.12. The molecule has 0 fully saturated rings. The van der Waals surface area contributed by atoms with Gasteiger partial charge in [0.25, 0.3) is 0 Å². The molecule has 0 saturated carbocycles. The minimum atomic E-state index is -2.21. The van der Waals surface area contributed by atoms with Crippen molar-refractivity contribution in [3.8, 4) is 0 Å². The quantitative estimate of drug-likeness (QED) is 0.199. The normalized spacial score (nSPS) is 17.2. The molecule has 0 spiro atoms. The van der Waals surface area contributed by atoms with Crippen molar-refractivity contribution in [3.05, 3.63) is 10.4 Å². The van der Waals surface area contributed by atoms with E-state index < -0.39 is 38.6 Å². The Kier molecular flexibility index (Phi) is 9.67. The van der Waals surface area contributed by atoms with Gasteiger partial charge in [0.2, 0.25) is 0 Å². The van der Waals surface area contributed by atoms with Crippen LogP contribution in [-0.2, 0) is 14.0 Å². The molecule has 0 aliphatic carbocycles. The van der Waals surface area contributed by atoms with Crippen LogP contribution in [0.25, 0.3) is 10.4 Å². The average Bonchev–Trinajstić information content (AvgIpc) is 2.49. The first-order valence-electron chi connectivity index (χ1n) is 8.67. The molecule has 8 nitrogen and oxygen atoms in total. The highest BCUT2D eigenvalue weighted by atomic mass is 28.4. The summed E-state index contributed by atoms with van der Waals surface area (Å²) >= 11 is 0. The van der Waals surface area contributed by atoms with E-state index in [9.17, 15) is 15.0 Å². The first kappa shape index (κ1) is 23.9. The second kappa shape index (κ2) is 10.1. The molecule has 0 aliphatic rings. The van der Waals surface area contributed by atoms with Gasteiger partial charge in [-0.25, -0.2) is 4.79 Å². The highest BCUT2D eigenvalue weighted by Crippen LogP contribution is 2.38. The number of azide groups is 1. The van der Waals surface area contributed by atoms with Crippen LogP contribution in [0.4, 0.5) is 0 Å². The van der Waals surface area contributed by atoms with Gasteiger partial charge in [-0.05, 0) is 37.0 Å². The fourth-order valence-corrected chi connectivity index (χ4v) is 3.48. The minimum absolute atomic E-state index is 0.0770. The van der Waals surface area contributed by atoms with Gasteiger partial charge in [-0.15, -0.1) is 0 Å². The van der Waals surface area contributed by atoms with Crippen LogP contribution >= 0.6 is 0 Å². The summed E-state index contributed by atoms with van der Waals surface area (Å²) in [6.07, 6.45) is -2.73. The van der Waals surface area contributed by atoms with Gasteiger partial charge in [0.05, 0.1) is 18.8 Å². The topological polar surface area (TPSA) is 125 Å². The average molecular weight is 376 g/mol. The molecule has 0 bridgehead atoms. The Labute approximate surface area is 151 Å². The maximum atomic E-state index is 11.7. The molecular weight excluding hydrogens is 342 g/mol. The highest BCUT2D eigenvalue weighted by Gasteiger charge is 2.43. The molecule has 0 heterocycles. The summed E-state index contributed by atoms with van der Waals surface area (Å²) < 4.78 is 11.1. The Morgan fingerprint density at radius 3 is 2.24 bits per heavy atom. The summed E-state index contributed by atoms with van der Waals surface area (Å²) in [6, 6.07) is -1.08. The Morgan fingerprint density at radius 1 is 1.28 bits per heavy atom. The number of hydrogen-bond acceptors (Lipinski definition) is 6. The second-order valence-corrected chi connectivity index (χ2v) is 12.3. The van der Waals surface area contributed by atoms with E-state index in [0.29, 0.717) is 6.42 Å². The molecule has 25 heavy (non-hydrogen) atoms. The number of rotatable bonds is 10. The first-order chi connectivity index (χ1) is 11.4. The van der Waals surface area contributed by atoms with Crippen LogP contribution in [0.15, 0.2) is 5.11 Å². The lowest BCUT2D eigenvalue weighted by Crippen LogP contribution is -2.52. The van der Waals surface area contributed by atoms with Gasteiger partial charge in [0, 0.05) is 4.91 Å². The first-order valence-corrected chi connectivity index (χ1v) is 11.6. The SMILES string of the molecule is CCC[C@H](O[Si](C)(C)C(C)(C)C)[C@H](N=[N+]=[N-])[C@@H](O)[C@H](O)C(=O)OCC. The van der Waals surface area contributed by atoms with Crippen LogP contribution in [0.5, 0.6) is 0 Å². The largest absolute Gasteiger partial charge is 0.464 e. The number of aliphatic hydroxyl groups excluding tert-OH is 2. The predicted octanol–water partition coefficient (Wildman–Crippen LogP) is 3.14. The molecule has 0 aliphatic heterocycles. The van der Waals surface area contributed by atoms with E-state index >= 15 is 0 Å². The number of ether oxygens (including phenoxy) is 1. The smallest absolute Gasteiger partial charge is 0.337 e. The van der Waals surface area contributed by atoms with Crippen molar-refractivity contribution in [1.29, 1.82) is 0 Å². The van der Waals surface area contributed by atoms with Gasteiger partial charge in [0.15, 0.2) is 14.4 Å². The zero-order chi connectivity index (χ0) is 19.8. The summed E-state index contributed by atoms with van der Waals surface area (Å²) in [5, 5.41) is 24.0. The monoisotopic (exact) mass is 375 g/mol. The van der Waals surface area contributed by atoms with Crippen LogP contribution in [0, 0.1) is 0 Å². The molecule has 4 atom stereocenters. The van der Waals surface area contributed by atoms with Crippen molar-refractivity contribution in [3.63, 3.8) is 0 Å². The second-order valence-electron chi connectivity index (χ2n) is 7.59. The molecule has 0 unspecified atom stereocenters. The van der Waals surface area contributed by atoms with Crippen molar-refractivity contribution in [1.82, 2.24) is 0 Å². The summed E-state index contributed by atoms with van der Waals surface area (Å²) in [6.45, 7) is 14.0. The van der Waals surface area contributed by atoms with Crippen molar-refractivity contribution in [2.75, 3.05) is 6.61 Å². The molecule has 0 radical (unpaired) electrons. The third-order valence-corrected chi connectivity index (χ3v) is 9.10. The van der Waals surface area contributed by atoms with E-state index in [0.717, 1.165) is 6.42 Å². The van der Waals surface area contributed by atoms with Gasteiger partial charge in [-0.1, -0.05) is 39.2 Å². The Balaban J connectivity index is 5.58. The lowest BCUT2D eigenvalue weighted by molar-refractivity contribution is -0.161. The molecule has 0 rings (SSSR count). The van der Waals surface area contributed by atoms with Crippen molar-refractivity contribution >= 4 is 14.3 Å². The molecule has 0 aromatic carbocycles. The summed E-state index contributed by atoms with van der Waals surface area (Å²) in [7, 11) is -2.21.